The smallest absolute Gasteiger partial charge is 0.0559 e. The zero-order valence-corrected chi connectivity index (χ0v) is 12.1. The average molecular weight is 241 g/mol. The lowest BCUT2D eigenvalue weighted by atomic mass is 9.90. The van der Waals surface area contributed by atoms with Crippen LogP contribution in [0.4, 0.5) is 0 Å². The molecule has 0 amide bonds. The minimum absolute atomic E-state index is 0.427. The second-order valence-corrected chi connectivity index (χ2v) is 5.74. The number of rotatable bonds is 8. The zero-order chi connectivity index (χ0) is 12.5. The summed E-state index contributed by atoms with van der Waals surface area (Å²) >= 11 is 0. The Hall–Kier alpha value is -0.0800. The van der Waals surface area contributed by atoms with Gasteiger partial charge in [-0.05, 0) is 52.1 Å². The minimum atomic E-state index is 0.427. The van der Waals surface area contributed by atoms with E-state index in [1.807, 2.05) is 0 Å². The lowest BCUT2D eigenvalue weighted by Crippen LogP contribution is -2.25. The molecule has 1 aliphatic carbocycles. The highest BCUT2D eigenvalue weighted by atomic mass is 16.5. The van der Waals surface area contributed by atoms with Gasteiger partial charge in [-0.2, -0.15) is 0 Å². The molecule has 0 N–H and O–H groups in total. The molecule has 1 unspecified atom stereocenters. The predicted molar refractivity (Wildman–Crippen MR) is 74.4 cm³/mol. The van der Waals surface area contributed by atoms with E-state index < -0.39 is 0 Å². The molecule has 2 heteroatoms. The summed E-state index contributed by atoms with van der Waals surface area (Å²) in [6.45, 7) is 7.83. The Labute approximate surface area is 108 Å². The van der Waals surface area contributed by atoms with E-state index in [0.717, 1.165) is 12.5 Å². The van der Waals surface area contributed by atoms with Gasteiger partial charge in [0.2, 0.25) is 0 Å². The Kier molecular flexibility index (Phi) is 7.87. The Morgan fingerprint density at radius 1 is 1.18 bits per heavy atom. The van der Waals surface area contributed by atoms with Crippen molar-refractivity contribution in [1.82, 2.24) is 4.90 Å². The van der Waals surface area contributed by atoms with E-state index in [1.54, 1.807) is 0 Å². The Balaban J connectivity index is 2.01. The average Bonchev–Trinajstić information content (AvgIpc) is 2.35. The quantitative estimate of drug-likeness (QED) is 0.642. The van der Waals surface area contributed by atoms with Gasteiger partial charge in [0.05, 0.1) is 6.10 Å². The van der Waals surface area contributed by atoms with Crippen molar-refractivity contribution in [3.63, 3.8) is 0 Å². The summed E-state index contributed by atoms with van der Waals surface area (Å²) in [6, 6.07) is 0. The van der Waals surface area contributed by atoms with Crippen molar-refractivity contribution in [2.75, 3.05) is 26.7 Å². The molecule has 0 heterocycles. The van der Waals surface area contributed by atoms with Gasteiger partial charge in [0, 0.05) is 13.2 Å². The van der Waals surface area contributed by atoms with E-state index in [1.165, 1.54) is 58.0 Å². The first kappa shape index (κ1) is 15.0. The molecule has 1 saturated carbocycles. The number of ether oxygens (including phenoxy) is 1. The summed E-state index contributed by atoms with van der Waals surface area (Å²) in [7, 11) is 2.21. The molecule has 0 aromatic rings. The first-order valence-electron chi connectivity index (χ1n) is 7.52. The van der Waals surface area contributed by atoms with Crippen LogP contribution in [0.3, 0.4) is 0 Å². The fourth-order valence-electron chi connectivity index (χ4n) is 2.63. The van der Waals surface area contributed by atoms with E-state index in [2.05, 4.69) is 25.8 Å². The van der Waals surface area contributed by atoms with Crippen molar-refractivity contribution < 1.29 is 4.74 Å². The summed E-state index contributed by atoms with van der Waals surface area (Å²) in [5, 5.41) is 0. The molecule has 102 valence electrons. The van der Waals surface area contributed by atoms with Gasteiger partial charge < -0.3 is 9.64 Å². The van der Waals surface area contributed by atoms with E-state index in [4.69, 9.17) is 4.74 Å². The van der Waals surface area contributed by atoms with Crippen molar-refractivity contribution in [2.45, 2.75) is 64.9 Å². The SMILES string of the molecule is CCCN(C)CCC(C)OCC1CCCCC1. The highest BCUT2D eigenvalue weighted by Crippen LogP contribution is 2.24. The van der Waals surface area contributed by atoms with E-state index in [0.29, 0.717) is 6.10 Å². The van der Waals surface area contributed by atoms with Gasteiger partial charge in [-0.1, -0.05) is 26.2 Å². The van der Waals surface area contributed by atoms with Crippen LogP contribution in [-0.4, -0.2) is 37.7 Å². The standard InChI is InChI=1S/C15H31NO/c1-4-11-16(3)12-10-14(2)17-13-15-8-6-5-7-9-15/h14-15H,4-13H2,1-3H3. The molecule has 1 atom stereocenters. The number of nitrogens with zero attached hydrogens (tertiary/aromatic N) is 1. The molecule has 0 saturated heterocycles. The van der Waals surface area contributed by atoms with Crippen LogP contribution in [0.15, 0.2) is 0 Å². The van der Waals surface area contributed by atoms with Crippen LogP contribution in [0.5, 0.6) is 0 Å². The molecule has 1 fully saturated rings. The van der Waals surface area contributed by atoms with Crippen LogP contribution in [0, 0.1) is 5.92 Å². The maximum atomic E-state index is 5.98. The monoisotopic (exact) mass is 241 g/mol. The Morgan fingerprint density at radius 2 is 1.88 bits per heavy atom. The van der Waals surface area contributed by atoms with Gasteiger partial charge in [0.1, 0.15) is 0 Å². The third kappa shape index (κ3) is 7.05. The van der Waals surface area contributed by atoms with Crippen LogP contribution >= 0.6 is 0 Å². The minimum Gasteiger partial charge on any atom is -0.378 e. The first-order chi connectivity index (χ1) is 8.22. The summed E-state index contributed by atoms with van der Waals surface area (Å²) in [5.74, 6) is 0.847. The molecule has 1 rings (SSSR count). The summed E-state index contributed by atoms with van der Waals surface area (Å²) in [5.41, 5.74) is 0. The molecule has 0 aromatic carbocycles. The third-order valence-corrected chi connectivity index (χ3v) is 3.86. The van der Waals surface area contributed by atoms with Crippen LogP contribution in [0.1, 0.15) is 58.8 Å². The molecule has 0 aliphatic heterocycles. The lowest BCUT2D eigenvalue weighted by Gasteiger charge is -2.24. The van der Waals surface area contributed by atoms with E-state index in [9.17, 15) is 0 Å². The van der Waals surface area contributed by atoms with Crippen molar-refractivity contribution in [1.29, 1.82) is 0 Å². The summed E-state index contributed by atoms with van der Waals surface area (Å²) in [6.07, 6.45) is 9.90. The molecule has 17 heavy (non-hydrogen) atoms. The molecular weight excluding hydrogens is 210 g/mol. The third-order valence-electron chi connectivity index (χ3n) is 3.86. The largest absolute Gasteiger partial charge is 0.378 e. The maximum absolute atomic E-state index is 5.98. The van der Waals surface area contributed by atoms with E-state index >= 15 is 0 Å². The van der Waals surface area contributed by atoms with Gasteiger partial charge in [0.15, 0.2) is 0 Å². The first-order valence-corrected chi connectivity index (χ1v) is 7.52. The van der Waals surface area contributed by atoms with Crippen molar-refractivity contribution in [2.24, 2.45) is 5.92 Å². The lowest BCUT2D eigenvalue weighted by molar-refractivity contribution is 0.0225. The second kappa shape index (κ2) is 8.93. The van der Waals surface area contributed by atoms with Gasteiger partial charge >= 0.3 is 0 Å². The molecular formula is C15H31NO. The van der Waals surface area contributed by atoms with Crippen LogP contribution in [-0.2, 0) is 4.74 Å². The summed E-state index contributed by atoms with van der Waals surface area (Å²) < 4.78 is 5.98. The number of hydrogen-bond donors (Lipinski definition) is 0. The Bertz CT molecular complexity index is 178. The van der Waals surface area contributed by atoms with Gasteiger partial charge in [-0.3, -0.25) is 0 Å². The second-order valence-electron chi connectivity index (χ2n) is 5.74. The fraction of sp³-hybridized carbons (Fsp3) is 1.00. The molecule has 2 nitrogen and oxygen atoms in total. The molecule has 0 spiro atoms. The van der Waals surface area contributed by atoms with Gasteiger partial charge in [-0.25, -0.2) is 0 Å². The van der Waals surface area contributed by atoms with Gasteiger partial charge in [0.25, 0.3) is 0 Å². The molecule has 1 aliphatic rings. The topological polar surface area (TPSA) is 12.5 Å². The predicted octanol–water partition coefficient (Wildman–Crippen LogP) is 3.70. The molecule has 0 aromatic heterocycles. The molecule has 0 radical (unpaired) electrons. The van der Waals surface area contributed by atoms with Crippen LogP contribution < -0.4 is 0 Å². The zero-order valence-electron chi connectivity index (χ0n) is 12.1. The Morgan fingerprint density at radius 3 is 2.53 bits per heavy atom. The van der Waals surface area contributed by atoms with Crippen LogP contribution in [0.25, 0.3) is 0 Å². The van der Waals surface area contributed by atoms with Crippen LogP contribution in [0.2, 0.25) is 0 Å². The highest BCUT2D eigenvalue weighted by molar-refractivity contribution is 4.66. The van der Waals surface area contributed by atoms with Gasteiger partial charge in [-0.15, -0.1) is 0 Å². The normalized spacial score (nSPS) is 19.8. The summed E-state index contributed by atoms with van der Waals surface area (Å²) in [4.78, 5) is 2.40. The fourth-order valence-corrected chi connectivity index (χ4v) is 2.63. The molecule has 0 bridgehead atoms. The maximum Gasteiger partial charge on any atom is 0.0559 e. The van der Waals surface area contributed by atoms with Crippen molar-refractivity contribution >= 4 is 0 Å². The van der Waals surface area contributed by atoms with Crippen molar-refractivity contribution in [3.05, 3.63) is 0 Å². The highest BCUT2D eigenvalue weighted by Gasteiger charge is 2.14. The van der Waals surface area contributed by atoms with E-state index in [-0.39, 0.29) is 0 Å². The van der Waals surface area contributed by atoms with Crippen molar-refractivity contribution in [3.8, 4) is 0 Å². The number of hydrogen-bond acceptors (Lipinski definition) is 2.